The van der Waals surface area contributed by atoms with Crippen molar-refractivity contribution in [3.8, 4) is 5.75 Å². The average molecular weight is 294 g/mol. The van der Waals surface area contributed by atoms with Gasteiger partial charge in [-0.2, -0.15) is 0 Å². The van der Waals surface area contributed by atoms with Crippen LogP contribution in [0.25, 0.3) is 0 Å². The lowest BCUT2D eigenvalue weighted by Gasteiger charge is -2.07. The molecule has 0 saturated heterocycles. The first-order valence-corrected chi connectivity index (χ1v) is 5.98. The summed E-state index contributed by atoms with van der Waals surface area (Å²) in [5.74, 6) is 0.797. The third kappa shape index (κ3) is 2.77. The predicted octanol–water partition coefficient (Wildman–Crippen LogP) is 2.67. The number of rotatable bonds is 3. The van der Waals surface area contributed by atoms with Crippen LogP contribution >= 0.6 is 15.9 Å². The lowest BCUT2D eigenvalue weighted by Crippen LogP contribution is -2.20. The molecule has 0 amide bonds. The molecule has 0 bridgehead atoms. The Bertz CT molecular complexity index is 578. The monoisotopic (exact) mass is 293 g/mol. The highest BCUT2D eigenvalue weighted by molar-refractivity contribution is 9.10. The van der Waals surface area contributed by atoms with E-state index in [1.54, 1.807) is 23.9 Å². The van der Waals surface area contributed by atoms with E-state index in [4.69, 9.17) is 4.74 Å². The van der Waals surface area contributed by atoms with Crippen molar-refractivity contribution in [2.45, 2.75) is 6.54 Å². The second-order valence-corrected chi connectivity index (χ2v) is 4.50. The molecule has 3 nitrogen and oxygen atoms in total. The smallest absolute Gasteiger partial charge is 0.265 e. The van der Waals surface area contributed by atoms with Crippen LogP contribution in [0.5, 0.6) is 5.75 Å². The van der Waals surface area contributed by atoms with Crippen molar-refractivity contribution < 1.29 is 4.74 Å². The average Bonchev–Trinajstić information content (AvgIpc) is 2.35. The summed E-state index contributed by atoms with van der Waals surface area (Å²) in [6.07, 6.45) is 1.77. The number of benzene rings is 1. The number of hydrogen-bond acceptors (Lipinski definition) is 2. The van der Waals surface area contributed by atoms with Crippen molar-refractivity contribution in [2.24, 2.45) is 0 Å². The third-order valence-corrected chi connectivity index (χ3v) is 3.06. The number of nitrogens with zero attached hydrogens (tertiary/aromatic N) is 1. The Balaban J connectivity index is 2.31. The number of pyridine rings is 1. The van der Waals surface area contributed by atoms with Crippen molar-refractivity contribution in [3.63, 3.8) is 0 Å². The fraction of sp³-hybridized carbons (Fsp3) is 0.154. The van der Waals surface area contributed by atoms with Gasteiger partial charge in [0, 0.05) is 6.20 Å². The lowest BCUT2D eigenvalue weighted by molar-refractivity contribution is 0.414. The van der Waals surface area contributed by atoms with Crippen molar-refractivity contribution in [1.29, 1.82) is 0 Å². The zero-order valence-corrected chi connectivity index (χ0v) is 11.0. The number of hydrogen-bond donors (Lipinski definition) is 0. The van der Waals surface area contributed by atoms with Gasteiger partial charge in [-0.3, -0.25) is 4.79 Å². The van der Waals surface area contributed by atoms with E-state index in [1.807, 2.05) is 30.3 Å². The Labute approximate surface area is 108 Å². The fourth-order valence-corrected chi connectivity index (χ4v) is 1.98. The number of methoxy groups -OCH3 is 1. The summed E-state index contributed by atoms with van der Waals surface area (Å²) in [6.45, 7) is 0.537. The van der Waals surface area contributed by atoms with Gasteiger partial charge in [0.2, 0.25) is 0 Å². The lowest BCUT2D eigenvalue weighted by atomic mass is 10.2. The summed E-state index contributed by atoms with van der Waals surface area (Å²) in [7, 11) is 1.63. The van der Waals surface area contributed by atoms with E-state index in [0.717, 1.165) is 11.3 Å². The molecule has 0 aliphatic heterocycles. The molecule has 0 N–H and O–H groups in total. The van der Waals surface area contributed by atoms with Crippen LogP contribution < -0.4 is 10.3 Å². The van der Waals surface area contributed by atoms with Crippen LogP contribution in [0.3, 0.4) is 0 Å². The highest BCUT2D eigenvalue weighted by atomic mass is 79.9. The highest BCUT2D eigenvalue weighted by Crippen LogP contribution is 2.13. The number of halogens is 1. The minimum absolute atomic E-state index is 0.0321. The van der Waals surface area contributed by atoms with Crippen molar-refractivity contribution in [3.05, 3.63) is 63.0 Å². The van der Waals surface area contributed by atoms with Gasteiger partial charge in [-0.1, -0.05) is 12.1 Å². The topological polar surface area (TPSA) is 31.2 Å². The SMILES string of the molecule is COc1cccc(Cn2cccc(Br)c2=O)c1. The summed E-state index contributed by atoms with van der Waals surface area (Å²) in [5.41, 5.74) is 1.000. The van der Waals surface area contributed by atoms with Crippen LogP contribution in [0.1, 0.15) is 5.56 Å². The molecule has 0 atom stereocenters. The maximum atomic E-state index is 11.8. The van der Waals surface area contributed by atoms with Crippen LogP contribution in [0.15, 0.2) is 51.9 Å². The van der Waals surface area contributed by atoms with Crippen molar-refractivity contribution in [2.75, 3.05) is 7.11 Å². The van der Waals surface area contributed by atoms with Gasteiger partial charge in [-0.15, -0.1) is 0 Å². The first-order valence-electron chi connectivity index (χ1n) is 5.18. The van der Waals surface area contributed by atoms with E-state index < -0.39 is 0 Å². The molecule has 0 fully saturated rings. The largest absolute Gasteiger partial charge is 0.497 e. The maximum Gasteiger partial charge on any atom is 0.265 e. The van der Waals surface area contributed by atoms with Crippen LogP contribution in [0, 0.1) is 0 Å². The van der Waals surface area contributed by atoms with Gasteiger partial charge < -0.3 is 9.30 Å². The van der Waals surface area contributed by atoms with Gasteiger partial charge in [-0.05, 0) is 45.8 Å². The third-order valence-electron chi connectivity index (χ3n) is 2.46. The van der Waals surface area contributed by atoms with Gasteiger partial charge in [0.1, 0.15) is 5.75 Å². The van der Waals surface area contributed by atoms with E-state index in [1.165, 1.54) is 0 Å². The summed E-state index contributed by atoms with van der Waals surface area (Å²) in [6, 6.07) is 11.3. The van der Waals surface area contributed by atoms with Crippen LogP contribution in [-0.4, -0.2) is 11.7 Å². The molecule has 0 radical (unpaired) electrons. The standard InChI is InChI=1S/C13H12BrNO2/c1-17-11-5-2-4-10(8-11)9-15-7-3-6-12(14)13(15)16/h2-8H,9H2,1H3. The molecule has 0 saturated carbocycles. The number of aromatic nitrogens is 1. The number of ether oxygens (including phenoxy) is 1. The van der Waals surface area contributed by atoms with Crippen LogP contribution in [-0.2, 0) is 6.54 Å². The van der Waals surface area contributed by atoms with Crippen molar-refractivity contribution >= 4 is 15.9 Å². The summed E-state index contributed by atoms with van der Waals surface area (Å²) in [5, 5.41) is 0. The van der Waals surface area contributed by atoms with E-state index in [9.17, 15) is 4.79 Å². The van der Waals surface area contributed by atoms with Crippen LogP contribution in [0.4, 0.5) is 0 Å². The van der Waals surface area contributed by atoms with Gasteiger partial charge in [0.05, 0.1) is 18.1 Å². The molecule has 0 aliphatic carbocycles. The first kappa shape index (κ1) is 11.9. The zero-order chi connectivity index (χ0) is 12.3. The maximum absolute atomic E-state index is 11.8. The fourth-order valence-electron chi connectivity index (χ4n) is 1.60. The molecule has 1 heterocycles. The molecule has 17 heavy (non-hydrogen) atoms. The minimum Gasteiger partial charge on any atom is -0.497 e. The molecule has 1 aromatic carbocycles. The van der Waals surface area contributed by atoms with Gasteiger partial charge in [-0.25, -0.2) is 0 Å². The summed E-state index contributed by atoms with van der Waals surface area (Å²) in [4.78, 5) is 11.8. The Kier molecular flexibility index (Phi) is 3.64. The van der Waals surface area contributed by atoms with Gasteiger partial charge in [0.25, 0.3) is 5.56 Å². The molecule has 2 rings (SSSR count). The molecule has 4 heteroatoms. The van der Waals surface area contributed by atoms with Gasteiger partial charge in [0.15, 0.2) is 0 Å². The Morgan fingerprint density at radius 3 is 2.88 bits per heavy atom. The van der Waals surface area contributed by atoms with E-state index in [-0.39, 0.29) is 5.56 Å². The second kappa shape index (κ2) is 5.19. The van der Waals surface area contributed by atoms with E-state index >= 15 is 0 Å². The Morgan fingerprint density at radius 1 is 1.29 bits per heavy atom. The molecule has 88 valence electrons. The highest BCUT2D eigenvalue weighted by Gasteiger charge is 2.01. The molecule has 0 unspecified atom stereocenters. The van der Waals surface area contributed by atoms with E-state index in [0.29, 0.717) is 11.0 Å². The molecule has 0 spiro atoms. The second-order valence-electron chi connectivity index (χ2n) is 3.64. The normalized spacial score (nSPS) is 10.2. The zero-order valence-electron chi connectivity index (χ0n) is 9.39. The van der Waals surface area contributed by atoms with Crippen molar-refractivity contribution in [1.82, 2.24) is 4.57 Å². The van der Waals surface area contributed by atoms with E-state index in [2.05, 4.69) is 15.9 Å². The molecular weight excluding hydrogens is 282 g/mol. The molecule has 2 aromatic rings. The molecular formula is C13H12BrNO2. The molecule has 1 aromatic heterocycles. The van der Waals surface area contributed by atoms with Gasteiger partial charge >= 0.3 is 0 Å². The Morgan fingerprint density at radius 2 is 2.12 bits per heavy atom. The summed E-state index contributed by atoms with van der Waals surface area (Å²) < 4.78 is 7.37. The summed E-state index contributed by atoms with van der Waals surface area (Å²) >= 11 is 3.23. The first-order chi connectivity index (χ1) is 8.20. The van der Waals surface area contributed by atoms with Crippen LogP contribution in [0.2, 0.25) is 0 Å². The predicted molar refractivity (Wildman–Crippen MR) is 70.5 cm³/mol. The molecule has 0 aliphatic rings. The quantitative estimate of drug-likeness (QED) is 0.871. The Hall–Kier alpha value is -1.55. The minimum atomic E-state index is -0.0321.